The van der Waals surface area contributed by atoms with Gasteiger partial charge in [-0.05, 0) is 61.4 Å². The van der Waals surface area contributed by atoms with Gasteiger partial charge in [0, 0.05) is 6.54 Å². The molecule has 2 nitrogen and oxygen atoms in total. The van der Waals surface area contributed by atoms with E-state index in [1.807, 2.05) is 17.8 Å². The van der Waals surface area contributed by atoms with Crippen LogP contribution < -0.4 is 0 Å². The van der Waals surface area contributed by atoms with E-state index in [2.05, 4.69) is 29.4 Å². The number of aliphatic hydroxyl groups is 1. The van der Waals surface area contributed by atoms with Crippen LogP contribution >= 0.6 is 11.8 Å². The molecule has 1 heterocycles. The minimum atomic E-state index is 0.152. The predicted molar refractivity (Wildman–Crippen MR) is 83.6 cm³/mol. The van der Waals surface area contributed by atoms with E-state index in [4.69, 9.17) is 0 Å². The van der Waals surface area contributed by atoms with Gasteiger partial charge in [0.2, 0.25) is 0 Å². The Bertz CT molecular complexity index is 383. The molecule has 1 aromatic rings. The number of hydrogen-bond acceptors (Lipinski definition) is 3. The minimum absolute atomic E-state index is 0.152. The molecule has 0 saturated carbocycles. The molecule has 0 amide bonds. The maximum Gasteiger partial charge on any atom is 0.0681 e. The number of nitrogens with zero attached hydrogens (tertiary/aromatic N) is 1. The third kappa shape index (κ3) is 4.83. The molecule has 19 heavy (non-hydrogen) atoms. The van der Waals surface area contributed by atoms with Gasteiger partial charge in [-0.15, -0.1) is 0 Å². The van der Waals surface area contributed by atoms with Crippen LogP contribution in [0.4, 0.5) is 0 Å². The van der Waals surface area contributed by atoms with E-state index in [1.54, 1.807) is 0 Å². The number of hydrogen-bond donors (Lipinski definition) is 1. The standard InChI is InChI=1S/C16H25NOS/c1-19-9-3-7-17-8-6-15(12-17)10-14-4-2-5-16(11-14)13-18/h2,4-5,11,15,18H,3,6-10,12-13H2,1H3. The van der Waals surface area contributed by atoms with E-state index >= 15 is 0 Å². The summed E-state index contributed by atoms with van der Waals surface area (Å²) in [6.45, 7) is 3.92. The van der Waals surface area contributed by atoms with Gasteiger partial charge in [-0.2, -0.15) is 11.8 Å². The molecule has 1 unspecified atom stereocenters. The van der Waals surface area contributed by atoms with E-state index in [0.29, 0.717) is 0 Å². The topological polar surface area (TPSA) is 23.5 Å². The molecule has 0 aromatic heterocycles. The Morgan fingerprint density at radius 3 is 3.00 bits per heavy atom. The van der Waals surface area contributed by atoms with Gasteiger partial charge in [-0.3, -0.25) is 0 Å². The van der Waals surface area contributed by atoms with Crippen molar-refractivity contribution in [2.75, 3.05) is 31.6 Å². The maximum absolute atomic E-state index is 9.18. The third-order valence-corrected chi connectivity index (χ3v) is 4.59. The zero-order valence-electron chi connectivity index (χ0n) is 11.8. The van der Waals surface area contributed by atoms with Crippen molar-refractivity contribution in [3.63, 3.8) is 0 Å². The Morgan fingerprint density at radius 2 is 2.21 bits per heavy atom. The Kier molecular flexibility index (Phi) is 6.21. The molecule has 1 fully saturated rings. The van der Waals surface area contributed by atoms with E-state index < -0.39 is 0 Å². The van der Waals surface area contributed by atoms with Gasteiger partial charge in [0.15, 0.2) is 0 Å². The highest BCUT2D eigenvalue weighted by Gasteiger charge is 2.21. The lowest BCUT2D eigenvalue weighted by atomic mass is 9.97. The van der Waals surface area contributed by atoms with Crippen LogP contribution in [0.15, 0.2) is 24.3 Å². The second kappa shape index (κ2) is 7.93. The van der Waals surface area contributed by atoms with Crippen LogP contribution in [0, 0.1) is 5.92 Å². The zero-order chi connectivity index (χ0) is 13.5. The van der Waals surface area contributed by atoms with Crippen LogP contribution in [-0.4, -0.2) is 41.6 Å². The highest BCUT2D eigenvalue weighted by Crippen LogP contribution is 2.21. The first-order chi connectivity index (χ1) is 9.31. The van der Waals surface area contributed by atoms with Crippen molar-refractivity contribution in [1.82, 2.24) is 4.90 Å². The first-order valence-electron chi connectivity index (χ1n) is 7.22. The van der Waals surface area contributed by atoms with Gasteiger partial charge in [0.05, 0.1) is 6.61 Å². The Labute approximate surface area is 121 Å². The fourth-order valence-electron chi connectivity index (χ4n) is 2.90. The van der Waals surface area contributed by atoms with Crippen LogP contribution in [0.2, 0.25) is 0 Å². The molecule has 0 bridgehead atoms. The quantitative estimate of drug-likeness (QED) is 0.776. The molecule has 1 aromatic carbocycles. The predicted octanol–water partition coefficient (Wildman–Crippen LogP) is 2.80. The number of benzene rings is 1. The van der Waals surface area contributed by atoms with Crippen molar-refractivity contribution in [3.8, 4) is 0 Å². The molecule has 106 valence electrons. The minimum Gasteiger partial charge on any atom is -0.392 e. The summed E-state index contributed by atoms with van der Waals surface area (Å²) in [5, 5.41) is 9.18. The van der Waals surface area contributed by atoms with Gasteiger partial charge in [-0.1, -0.05) is 24.3 Å². The number of thioether (sulfide) groups is 1. The molecule has 0 radical (unpaired) electrons. The highest BCUT2D eigenvalue weighted by molar-refractivity contribution is 7.98. The van der Waals surface area contributed by atoms with E-state index in [-0.39, 0.29) is 6.61 Å². The SMILES string of the molecule is CSCCCN1CCC(Cc2cccc(CO)c2)C1. The summed E-state index contributed by atoms with van der Waals surface area (Å²) in [4.78, 5) is 2.61. The molecule has 1 aliphatic heterocycles. The normalized spacial score (nSPS) is 20.0. The van der Waals surface area contributed by atoms with Crippen molar-refractivity contribution in [1.29, 1.82) is 0 Å². The molecule has 1 N–H and O–H groups in total. The lowest BCUT2D eigenvalue weighted by Crippen LogP contribution is -2.22. The lowest BCUT2D eigenvalue weighted by Gasteiger charge is -2.15. The molecular weight excluding hydrogens is 254 g/mol. The van der Waals surface area contributed by atoms with Crippen LogP contribution in [0.25, 0.3) is 0 Å². The number of likely N-dealkylation sites (tertiary alicyclic amines) is 1. The average molecular weight is 279 g/mol. The fraction of sp³-hybridized carbons (Fsp3) is 0.625. The highest BCUT2D eigenvalue weighted by atomic mass is 32.2. The number of aliphatic hydroxyl groups excluding tert-OH is 1. The first-order valence-corrected chi connectivity index (χ1v) is 8.61. The molecular formula is C16H25NOS. The summed E-state index contributed by atoms with van der Waals surface area (Å²) in [5.41, 5.74) is 2.41. The van der Waals surface area contributed by atoms with Gasteiger partial charge >= 0.3 is 0 Å². The lowest BCUT2D eigenvalue weighted by molar-refractivity contribution is 0.281. The van der Waals surface area contributed by atoms with E-state index in [1.165, 1.54) is 43.8 Å². The third-order valence-electron chi connectivity index (χ3n) is 3.89. The van der Waals surface area contributed by atoms with Crippen LogP contribution in [0.5, 0.6) is 0 Å². The van der Waals surface area contributed by atoms with Crippen LogP contribution in [0.1, 0.15) is 24.0 Å². The molecule has 2 rings (SSSR count). The number of rotatable bonds is 7. The molecule has 1 atom stereocenters. The van der Waals surface area contributed by atoms with Crippen LogP contribution in [-0.2, 0) is 13.0 Å². The molecule has 3 heteroatoms. The molecule has 1 saturated heterocycles. The summed E-state index contributed by atoms with van der Waals surface area (Å²) >= 11 is 1.94. The van der Waals surface area contributed by atoms with Gasteiger partial charge in [-0.25, -0.2) is 0 Å². The molecule has 0 spiro atoms. The fourth-order valence-corrected chi connectivity index (χ4v) is 3.32. The monoisotopic (exact) mass is 279 g/mol. The summed E-state index contributed by atoms with van der Waals surface area (Å²) in [6.07, 6.45) is 5.98. The van der Waals surface area contributed by atoms with E-state index in [0.717, 1.165) is 17.9 Å². The molecule has 1 aliphatic rings. The maximum atomic E-state index is 9.18. The van der Waals surface area contributed by atoms with Crippen molar-refractivity contribution in [3.05, 3.63) is 35.4 Å². The van der Waals surface area contributed by atoms with E-state index in [9.17, 15) is 5.11 Å². The largest absolute Gasteiger partial charge is 0.392 e. The van der Waals surface area contributed by atoms with Gasteiger partial charge in [0.25, 0.3) is 0 Å². The summed E-state index contributed by atoms with van der Waals surface area (Å²) < 4.78 is 0. The van der Waals surface area contributed by atoms with Gasteiger partial charge in [0.1, 0.15) is 0 Å². The summed E-state index contributed by atoms with van der Waals surface area (Å²) in [5.74, 6) is 2.07. The Morgan fingerprint density at radius 1 is 1.37 bits per heavy atom. The summed E-state index contributed by atoms with van der Waals surface area (Å²) in [7, 11) is 0. The average Bonchev–Trinajstić information content (AvgIpc) is 2.87. The summed E-state index contributed by atoms with van der Waals surface area (Å²) in [6, 6.07) is 8.39. The van der Waals surface area contributed by atoms with Crippen LogP contribution in [0.3, 0.4) is 0 Å². The zero-order valence-corrected chi connectivity index (χ0v) is 12.7. The molecule has 0 aliphatic carbocycles. The van der Waals surface area contributed by atoms with Crippen molar-refractivity contribution in [2.45, 2.75) is 25.9 Å². The second-order valence-corrected chi connectivity index (χ2v) is 6.47. The second-order valence-electron chi connectivity index (χ2n) is 5.48. The Hall–Kier alpha value is -0.510. The van der Waals surface area contributed by atoms with Gasteiger partial charge < -0.3 is 10.0 Å². The first kappa shape index (κ1) is 14.9. The Balaban J connectivity index is 1.77. The van der Waals surface area contributed by atoms with Crippen molar-refractivity contribution in [2.24, 2.45) is 5.92 Å². The smallest absolute Gasteiger partial charge is 0.0681 e. The van der Waals surface area contributed by atoms with Crippen molar-refractivity contribution >= 4 is 11.8 Å². The van der Waals surface area contributed by atoms with Crippen molar-refractivity contribution < 1.29 is 5.11 Å².